The summed E-state index contributed by atoms with van der Waals surface area (Å²) in [6.45, 7) is 0.660. The number of anilines is 1. The molecular weight excluding hydrogens is 282 g/mol. The van der Waals surface area contributed by atoms with Gasteiger partial charge in [0, 0.05) is 24.2 Å². The fourth-order valence-corrected chi connectivity index (χ4v) is 2.23. The van der Waals surface area contributed by atoms with Crippen LogP contribution in [0.15, 0.2) is 42.5 Å². The van der Waals surface area contributed by atoms with Crippen LogP contribution < -0.4 is 16.4 Å². The second-order valence-corrected chi connectivity index (χ2v) is 4.91. The first-order chi connectivity index (χ1) is 10.6. The zero-order valence-electron chi connectivity index (χ0n) is 12.1. The van der Waals surface area contributed by atoms with Gasteiger partial charge < -0.3 is 21.5 Å². The lowest BCUT2D eigenvalue weighted by molar-refractivity contribution is -0.141. The smallest absolute Gasteiger partial charge is 0.321 e. The first-order valence-electron chi connectivity index (χ1n) is 7.05. The standard InChI is InChI=1S/C16H19N3O3/c17-8-9-18-14(16(21)22)10-15(20)19-13-7-3-5-11-4-1-2-6-12(11)13/h1-7,14,18H,8-10,17H2,(H,19,20)(H,21,22)/t14-/m0/s1. The monoisotopic (exact) mass is 301 g/mol. The van der Waals surface area contributed by atoms with E-state index >= 15 is 0 Å². The van der Waals surface area contributed by atoms with Crippen molar-refractivity contribution in [2.45, 2.75) is 12.5 Å². The van der Waals surface area contributed by atoms with E-state index in [9.17, 15) is 9.59 Å². The Morgan fingerprint density at radius 1 is 1.14 bits per heavy atom. The third kappa shape index (κ3) is 4.03. The molecule has 2 rings (SSSR count). The average molecular weight is 301 g/mol. The molecule has 0 unspecified atom stereocenters. The maximum absolute atomic E-state index is 12.1. The molecular formula is C16H19N3O3. The summed E-state index contributed by atoms with van der Waals surface area (Å²) in [6.07, 6.45) is -0.154. The van der Waals surface area contributed by atoms with E-state index in [0.717, 1.165) is 10.8 Å². The molecule has 6 nitrogen and oxygen atoms in total. The number of hydrogen-bond donors (Lipinski definition) is 4. The second-order valence-electron chi connectivity index (χ2n) is 4.91. The Morgan fingerprint density at radius 2 is 1.86 bits per heavy atom. The van der Waals surface area contributed by atoms with Crippen molar-refractivity contribution in [3.05, 3.63) is 42.5 Å². The molecule has 0 bridgehead atoms. The van der Waals surface area contributed by atoms with Crippen molar-refractivity contribution in [3.8, 4) is 0 Å². The number of fused-ring (bicyclic) bond motifs is 1. The maximum Gasteiger partial charge on any atom is 0.321 e. The van der Waals surface area contributed by atoms with Gasteiger partial charge in [0.15, 0.2) is 0 Å². The lowest BCUT2D eigenvalue weighted by atomic mass is 10.1. The minimum absolute atomic E-state index is 0.154. The Kier molecular flexibility index (Phi) is 5.46. The number of aliphatic carboxylic acids is 1. The van der Waals surface area contributed by atoms with Gasteiger partial charge in [-0.15, -0.1) is 0 Å². The van der Waals surface area contributed by atoms with Crippen LogP contribution in [-0.2, 0) is 9.59 Å². The summed E-state index contributed by atoms with van der Waals surface area (Å²) in [5.74, 6) is -1.42. The molecule has 0 saturated heterocycles. The van der Waals surface area contributed by atoms with Crippen LogP contribution in [0.1, 0.15) is 6.42 Å². The number of nitrogens with two attached hydrogens (primary N) is 1. The molecule has 0 spiro atoms. The van der Waals surface area contributed by atoms with Gasteiger partial charge in [-0.1, -0.05) is 36.4 Å². The molecule has 1 amide bonds. The van der Waals surface area contributed by atoms with Crippen molar-refractivity contribution < 1.29 is 14.7 Å². The van der Waals surface area contributed by atoms with Crippen LogP contribution in [0.3, 0.4) is 0 Å². The van der Waals surface area contributed by atoms with Crippen LogP contribution in [0.4, 0.5) is 5.69 Å². The molecule has 0 aliphatic carbocycles. The Labute approximate surface area is 128 Å². The normalized spacial score (nSPS) is 12.0. The highest BCUT2D eigenvalue weighted by Gasteiger charge is 2.20. The summed E-state index contributed by atoms with van der Waals surface area (Å²) in [5.41, 5.74) is 6.01. The van der Waals surface area contributed by atoms with E-state index in [-0.39, 0.29) is 12.3 Å². The van der Waals surface area contributed by atoms with Crippen LogP contribution in [0.25, 0.3) is 10.8 Å². The third-order valence-electron chi connectivity index (χ3n) is 3.29. The lowest BCUT2D eigenvalue weighted by Gasteiger charge is -2.14. The van der Waals surface area contributed by atoms with Gasteiger partial charge in [0.25, 0.3) is 0 Å². The van der Waals surface area contributed by atoms with Crippen molar-refractivity contribution >= 4 is 28.3 Å². The number of carboxylic acid groups (broad SMARTS) is 1. The zero-order valence-corrected chi connectivity index (χ0v) is 12.1. The van der Waals surface area contributed by atoms with Crippen LogP contribution in [0.2, 0.25) is 0 Å². The molecule has 6 heteroatoms. The molecule has 0 radical (unpaired) electrons. The molecule has 0 saturated carbocycles. The predicted octanol–water partition coefficient (Wildman–Crippen LogP) is 1.17. The number of amides is 1. The van der Waals surface area contributed by atoms with Crippen LogP contribution in [-0.4, -0.2) is 36.1 Å². The first kappa shape index (κ1) is 15.9. The summed E-state index contributed by atoms with van der Waals surface area (Å²) in [4.78, 5) is 23.2. The summed E-state index contributed by atoms with van der Waals surface area (Å²) in [7, 11) is 0. The van der Waals surface area contributed by atoms with Gasteiger partial charge in [-0.05, 0) is 11.5 Å². The van der Waals surface area contributed by atoms with Gasteiger partial charge in [-0.2, -0.15) is 0 Å². The Hall–Kier alpha value is -2.44. The zero-order chi connectivity index (χ0) is 15.9. The van der Waals surface area contributed by atoms with Gasteiger partial charge in [-0.25, -0.2) is 0 Å². The van der Waals surface area contributed by atoms with Crippen LogP contribution in [0.5, 0.6) is 0 Å². The summed E-state index contributed by atoms with van der Waals surface area (Å²) in [5, 5.41) is 16.5. The SMILES string of the molecule is NCCN[C@@H](CC(=O)Nc1cccc2ccccc12)C(=O)O. The van der Waals surface area contributed by atoms with E-state index < -0.39 is 12.0 Å². The molecule has 0 heterocycles. The van der Waals surface area contributed by atoms with E-state index in [1.54, 1.807) is 6.07 Å². The van der Waals surface area contributed by atoms with Gasteiger partial charge in [0.05, 0.1) is 6.42 Å². The van der Waals surface area contributed by atoms with Gasteiger partial charge in [0.2, 0.25) is 5.91 Å². The van der Waals surface area contributed by atoms with Gasteiger partial charge in [-0.3, -0.25) is 9.59 Å². The lowest BCUT2D eigenvalue weighted by Crippen LogP contribution is -2.41. The first-order valence-corrected chi connectivity index (χ1v) is 7.05. The molecule has 0 aliphatic rings. The highest BCUT2D eigenvalue weighted by Crippen LogP contribution is 2.23. The van der Waals surface area contributed by atoms with E-state index in [0.29, 0.717) is 18.8 Å². The third-order valence-corrected chi connectivity index (χ3v) is 3.29. The van der Waals surface area contributed by atoms with Crippen molar-refractivity contribution in [1.29, 1.82) is 0 Å². The molecule has 116 valence electrons. The van der Waals surface area contributed by atoms with Crippen LogP contribution in [0, 0.1) is 0 Å². The molecule has 2 aromatic rings. The number of carbonyl (C=O) groups is 2. The fourth-order valence-electron chi connectivity index (χ4n) is 2.23. The second kappa shape index (κ2) is 7.53. The number of carbonyl (C=O) groups excluding carboxylic acids is 1. The van der Waals surface area contributed by atoms with Gasteiger partial charge in [0.1, 0.15) is 6.04 Å². The number of benzene rings is 2. The molecule has 5 N–H and O–H groups in total. The van der Waals surface area contributed by atoms with E-state index in [4.69, 9.17) is 10.8 Å². The summed E-state index contributed by atoms with van der Waals surface area (Å²) < 4.78 is 0. The Balaban J connectivity index is 2.08. The van der Waals surface area contributed by atoms with Crippen LogP contribution >= 0.6 is 0 Å². The number of rotatable bonds is 7. The Morgan fingerprint density at radius 3 is 2.59 bits per heavy atom. The van der Waals surface area contributed by atoms with Crippen molar-refractivity contribution in [2.75, 3.05) is 18.4 Å². The fraction of sp³-hybridized carbons (Fsp3) is 0.250. The number of carboxylic acids is 1. The molecule has 1 atom stereocenters. The van der Waals surface area contributed by atoms with E-state index in [1.807, 2.05) is 36.4 Å². The number of hydrogen-bond acceptors (Lipinski definition) is 4. The average Bonchev–Trinajstić information content (AvgIpc) is 2.51. The summed E-state index contributed by atoms with van der Waals surface area (Å²) in [6, 6.07) is 12.3. The highest BCUT2D eigenvalue weighted by atomic mass is 16.4. The Bertz CT molecular complexity index is 667. The summed E-state index contributed by atoms with van der Waals surface area (Å²) >= 11 is 0. The minimum atomic E-state index is -1.07. The van der Waals surface area contributed by atoms with E-state index in [2.05, 4.69) is 10.6 Å². The largest absolute Gasteiger partial charge is 0.480 e. The molecule has 0 fully saturated rings. The van der Waals surface area contributed by atoms with Crippen molar-refractivity contribution in [2.24, 2.45) is 5.73 Å². The topological polar surface area (TPSA) is 104 Å². The van der Waals surface area contributed by atoms with Gasteiger partial charge >= 0.3 is 5.97 Å². The molecule has 0 aromatic heterocycles. The van der Waals surface area contributed by atoms with E-state index in [1.165, 1.54) is 0 Å². The quantitative estimate of drug-likeness (QED) is 0.614. The predicted molar refractivity (Wildman–Crippen MR) is 85.7 cm³/mol. The maximum atomic E-state index is 12.1. The number of nitrogens with one attached hydrogen (secondary N) is 2. The molecule has 22 heavy (non-hydrogen) atoms. The minimum Gasteiger partial charge on any atom is -0.480 e. The van der Waals surface area contributed by atoms with Crippen molar-refractivity contribution in [1.82, 2.24) is 5.32 Å². The molecule has 0 aliphatic heterocycles. The molecule has 2 aromatic carbocycles. The highest BCUT2D eigenvalue weighted by molar-refractivity contribution is 6.03. The van der Waals surface area contributed by atoms with Crippen molar-refractivity contribution in [3.63, 3.8) is 0 Å².